The molecule has 28 heavy (non-hydrogen) atoms. The highest BCUT2D eigenvalue weighted by atomic mass is 19.1. The molecule has 3 rings (SSSR count). The minimum atomic E-state index is -0.677. The number of piperidine rings is 1. The summed E-state index contributed by atoms with van der Waals surface area (Å²) in [7, 11) is 0. The number of carbonyl (C=O) groups excluding carboxylic acids is 2. The van der Waals surface area contributed by atoms with Crippen molar-refractivity contribution < 1.29 is 14.0 Å². The lowest BCUT2D eigenvalue weighted by atomic mass is 9.97. The average molecular weight is 383 g/mol. The third kappa shape index (κ3) is 5.55. The molecule has 2 aromatic carbocycles. The van der Waals surface area contributed by atoms with Gasteiger partial charge in [0.25, 0.3) is 0 Å². The SMILES string of the molecule is CC1CCN(C(=O)C(Cc2ccccc2)NC(=O)Nc2cccc(F)c2)CC1. The summed E-state index contributed by atoms with van der Waals surface area (Å²) >= 11 is 0. The van der Waals surface area contributed by atoms with Crippen LogP contribution in [0.2, 0.25) is 0 Å². The second kappa shape index (κ2) is 9.35. The predicted molar refractivity (Wildman–Crippen MR) is 107 cm³/mol. The van der Waals surface area contributed by atoms with Crippen molar-refractivity contribution in [1.29, 1.82) is 0 Å². The molecule has 1 unspecified atom stereocenters. The maximum absolute atomic E-state index is 13.3. The number of benzene rings is 2. The van der Waals surface area contributed by atoms with Crippen molar-refractivity contribution >= 4 is 17.6 Å². The van der Waals surface area contributed by atoms with Crippen molar-refractivity contribution in [2.75, 3.05) is 18.4 Å². The van der Waals surface area contributed by atoms with E-state index in [0.717, 1.165) is 18.4 Å². The van der Waals surface area contributed by atoms with Crippen molar-refractivity contribution in [1.82, 2.24) is 10.2 Å². The van der Waals surface area contributed by atoms with Crippen LogP contribution in [0.1, 0.15) is 25.3 Å². The van der Waals surface area contributed by atoms with Crippen LogP contribution in [-0.4, -0.2) is 36.0 Å². The molecule has 0 spiro atoms. The predicted octanol–water partition coefficient (Wildman–Crippen LogP) is 3.82. The van der Waals surface area contributed by atoms with Gasteiger partial charge in [0, 0.05) is 25.2 Å². The molecular formula is C22H26FN3O2. The normalized spacial score (nSPS) is 15.7. The number of rotatable bonds is 5. The molecule has 1 aliphatic rings. The fourth-order valence-electron chi connectivity index (χ4n) is 3.39. The van der Waals surface area contributed by atoms with E-state index < -0.39 is 17.9 Å². The van der Waals surface area contributed by atoms with E-state index in [1.54, 1.807) is 6.07 Å². The lowest BCUT2D eigenvalue weighted by molar-refractivity contribution is -0.134. The van der Waals surface area contributed by atoms with Crippen LogP contribution in [0.4, 0.5) is 14.9 Å². The van der Waals surface area contributed by atoms with Crippen LogP contribution >= 0.6 is 0 Å². The summed E-state index contributed by atoms with van der Waals surface area (Å²) in [4.78, 5) is 27.4. The third-order valence-corrected chi connectivity index (χ3v) is 5.06. The van der Waals surface area contributed by atoms with Gasteiger partial charge in [-0.25, -0.2) is 9.18 Å². The summed E-state index contributed by atoms with van der Waals surface area (Å²) in [6.45, 7) is 3.60. The van der Waals surface area contributed by atoms with Crippen LogP contribution in [0.25, 0.3) is 0 Å². The van der Waals surface area contributed by atoms with E-state index in [9.17, 15) is 14.0 Å². The molecule has 1 aliphatic heterocycles. The highest BCUT2D eigenvalue weighted by Crippen LogP contribution is 2.18. The Balaban J connectivity index is 1.69. The Morgan fingerprint density at radius 1 is 1.11 bits per heavy atom. The second-order valence-electron chi connectivity index (χ2n) is 7.36. The van der Waals surface area contributed by atoms with E-state index in [1.165, 1.54) is 18.2 Å². The van der Waals surface area contributed by atoms with E-state index in [4.69, 9.17) is 0 Å². The molecule has 1 atom stereocenters. The Morgan fingerprint density at radius 2 is 1.82 bits per heavy atom. The van der Waals surface area contributed by atoms with Gasteiger partial charge in [-0.05, 0) is 42.5 Å². The number of hydrogen-bond donors (Lipinski definition) is 2. The lowest BCUT2D eigenvalue weighted by Crippen LogP contribution is -2.52. The number of likely N-dealkylation sites (tertiary alicyclic amines) is 1. The van der Waals surface area contributed by atoms with Crippen molar-refractivity contribution in [3.8, 4) is 0 Å². The van der Waals surface area contributed by atoms with Crippen LogP contribution in [0.15, 0.2) is 54.6 Å². The van der Waals surface area contributed by atoms with Gasteiger partial charge in [0.15, 0.2) is 0 Å². The van der Waals surface area contributed by atoms with Crippen molar-refractivity contribution in [2.24, 2.45) is 5.92 Å². The minimum absolute atomic E-state index is 0.0786. The van der Waals surface area contributed by atoms with Gasteiger partial charge in [-0.15, -0.1) is 0 Å². The second-order valence-corrected chi connectivity index (χ2v) is 7.36. The smallest absolute Gasteiger partial charge is 0.319 e. The van der Waals surface area contributed by atoms with Crippen LogP contribution < -0.4 is 10.6 Å². The van der Waals surface area contributed by atoms with Crippen molar-refractivity contribution in [3.05, 3.63) is 66.0 Å². The number of nitrogens with zero attached hydrogens (tertiary/aromatic N) is 1. The molecule has 5 nitrogen and oxygen atoms in total. The average Bonchev–Trinajstić information content (AvgIpc) is 2.68. The van der Waals surface area contributed by atoms with Gasteiger partial charge in [0.1, 0.15) is 11.9 Å². The zero-order valence-electron chi connectivity index (χ0n) is 16.0. The summed E-state index contributed by atoms with van der Waals surface area (Å²) < 4.78 is 13.3. The summed E-state index contributed by atoms with van der Waals surface area (Å²) in [6, 6.07) is 14.1. The number of carbonyl (C=O) groups is 2. The van der Waals surface area contributed by atoms with Gasteiger partial charge in [0.2, 0.25) is 5.91 Å². The molecule has 0 saturated carbocycles. The molecule has 1 fully saturated rings. The van der Waals surface area contributed by atoms with E-state index in [0.29, 0.717) is 31.1 Å². The summed E-state index contributed by atoms with van der Waals surface area (Å²) in [5.41, 5.74) is 1.31. The standard InChI is InChI=1S/C22H26FN3O2/c1-16-10-12-26(13-11-16)21(27)20(14-17-6-3-2-4-7-17)25-22(28)24-19-9-5-8-18(23)15-19/h2-9,15-16,20H,10-14H2,1H3,(H2,24,25,28). The first kappa shape index (κ1) is 19.9. The fourth-order valence-corrected chi connectivity index (χ4v) is 3.39. The zero-order valence-corrected chi connectivity index (χ0v) is 16.0. The Morgan fingerprint density at radius 3 is 2.50 bits per heavy atom. The van der Waals surface area contributed by atoms with Gasteiger partial charge in [0.05, 0.1) is 0 Å². The first-order valence-corrected chi connectivity index (χ1v) is 9.67. The zero-order chi connectivity index (χ0) is 19.9. The van der Waals surface area contributed by atoms with Crippen LogP contribution in [0, 0.1) is 11.7 Å². The largest absolute Gasteiger partial charge is 0.341 e. The van der Waals surface area contributed by atoms with Gasteiger partial charge in [-0.3, -0.25) is 4.79 Å². The molecule has 6 heteroatoms. The highest BCUT2D eigenvalue weighted by molar-refractivity contribution is 5.93. The van der Waals surface area contributed by atoms with E-state index in [2.05, 4.69) is 17.6 Å². The molecule has 0 aliphatic carbocycles. The number of amides is 3. The highest BCUT2D eigenvalue weighted by Gasteiger charge is 2.28. The molecule has 148 valence electrons. The monoisotopic (exact) mass is 383 g/mol. The van der Waals surface area contributed by atoms with E-state index in [1.807, 2.05) is 35.2 Å². The van der Waals surface area contributed by atoms with E-state index in [-0.39, 0.29) is 5.91 Å². The molecule has 0 bridgehead atoms. The molecule has 1 heterocycles. The number of anilines is 1. The Labute approximate surface area is 164 Å². The van der Waals surface area contributed by atoms with Gasteiger partial charge in [-0.2, -0.15) is 0 Å². The van der Waals surface area contributed by atoms with Gasteiger partial charge >= 0.3 is 6.03 Å². The summed E-state index contributed by atoms with van der Waals surface area (Å²) in [6.07, 6.45) is 2.35. The Hall–Kier alpha value is -2.89. The minimum Gasteiger partial charge on any atom is -0.341 e. The third-order valence-electron chi connectivity index (χ3n) is 5.06. The first-order valence-electron chi connectivity index (χ1n) is 9.67. The first-order chi connectivity index (χ1) is 13.5. The lowest BCUT2D eigenvalue weighted by Gasteiger charge is -2.33. The van der Waals surface area contributed by atoms with Crippen LogP contribution in [-0.2, 0) is 11.2 Å². The molecular weight excluding hydrogens is 357 g/mol. The molecule has 0 radical (unpaired) electrons. The maximum atomic E-state index is 13.3. The topological polar surface area (TPSA) is 61.4 Å². The maximum Gasteiger partial charge on any atom is 0.319 e. The number of halogens is 1. The number of urea groups is 1. The van der Waals surface area contributed by atoms with E-state index >= 15 is 0 Å². The Bertz CT molecular complexity index is 804. The van der Waals surface area contributed by atoms with Gasteiger partial charge in [-0.1, -0.05) is 43.3 Å². The fraction of sp³-hybridized carbons (Fsp3) is 0.364. The number of nitrogens with one attached hydrogen (secondary N) is 2. The number of hydrogen-bond acceptors (Lipinski definition) is 2. The molecule has 3 amide bonds. The quantitative estimate of drug-likeness (QED) is 0.825. The molecule has 0 aromatic heterocycles. The molecule has 2 N–H and O–H groups in total. The molecule has 2 aromatic rings. The molecule has 1 saturated heterocycles. The van der Waals surface area contributed by atoms with Crippen molar-refractivity contribution in [3.63, 3.8) is 0 Å². The van der Waals surface area contributed by atoms with Gasteiger partial charge < -0.3 is 15.5 Å². The van der Waals surface area contributed by atoms with Crippen LogP contribution in [0.5, 0.6) is 0 Å². The summed E-state index contributed by atoms with van der Waals surface area (Å²) in [5, 5.41) is 5.38. The summed E-state index contributed by atoms with van der Waals surface area (Å²) in [5.74, 6) is 0.100. The Kier molecular flexibility index (Phi) is 6.63. The van der Waals surface area contributed by atoms with Crippen molar-refractivity contribution in [2.45, 2.75) is 32.2 Å². The van der Waals surface area contributed by atoms with Crippen LogP contribution in [0.3, 0.4) is 0 Å².